The topological polar surface area (TPSA) is 87.8 Å². The number of benzene rings is 2. The van der Waals surface area contributed by atoms with Gasteiger partial charge in [-0.25, -0.2) is 4.98 Å². The number of fused-ring (bicyclic) bond motifs is 1. The van der Waals surface area contributed by atoms with Gasteiger partial charge in [0, 0.05) is 31.7 Å². The number of aliphatic hydroxyl groups is 1. The quantitative estimate of drug-likeness (QED) is 0.447. The lowest BCUT2D eigenvalue weighted by molar-refractivity contribution is 0.0841. The summed E-state index contributed by atoms with van der Waals surface area (Å²) in [5.74, 6) is 2.20. The molecular weight excluding hydrogens is 454 g/mol. The summed E-state index contributed by atoms with van der Waals surface area (Å²) >= 11 is 0. The third kappa shape index (κ3) is 5.97. The number of aliphatic hydroxyl groups excluding tert-OH is 1. The van der Waals surface area contributed by atoms with Gasteiger partial charge >= 0.3 is 0 Å². The van der Waals surface area contributed by atoms with Gasteiger partial charge < -0.3 is 19.6 Å². The van der Waals surface area contributed by atoms with Crippen molar-refractivity contribution in [1.82, 2.24) is 15.2 Å². The van der Waals surface area contributed by atoms with Crippen molar-refractivity contribution in [2.75, 3.05) is 19.6 Å². The predicted octanol–water partition coefficient (Wildman–Crippen LogP) is 4.05. The summed E-state index contributed by atoms with van der Waals surface area (Å²) in [7, 11) is 0. The normalized spacial score (nSPS) is 16.7. The first-order valence-corrected chi connectivity index (χ1v) is 12.9. The number of aromatic nitrogens is 1. The lowest BCUT2D eigenvalue weighted by Gasteiger charge is -2.31. The van der Waals surface area contributed by atoms with Gasteiger partial charge in [0.25, 0.3) is 5.91 Å². The van der Waals surface area contributed by atoms with E-state index in [4.69, 9.17) is 9.15 Å². The summed E-state index contributed by atoms with van der Waals surface area (Å²) in [6.45, 7) is 4.83. The molecule has 1 aliphatic carbocycles. The molecule has 0 saturated heterocycles. The Bertz CT molecular complexity index is 1170. The SMILES string of the molecule is Cc1c(OCc2cnco2)ccc2c1CCN(C[C@@H](O)CNC(=O)c1cccc(CC3CCC3)c1)C2. The molecule has 5 rings (SSSR count). The highest BCUT2D eigenvalue weighted by molar-refractivity contribution is 5.94. The van der Waals surface area contributed by atoms with Gasteiger partial charge in [0.15, 0.2) is 12.2 Å². The van der Waals surface area contributed by atoms with Crippen LogP contribution >= 0.6 is 0 Å². The molecule has 1 aromatic heterocycles. The molecule has 2 aliphatic rings. The third-order valence-corrected chi connectivity index (χ3v) is 7.48. The summed E-state index contributed by atoms with van der Waals surface area (Å²) in [5, 5.41) is 13.5. The first-order chi connectivity index (χ1) is 17.5. The van der Waals surface area contributed by atoms with Crippen LogP contribution < -0.4 is 10.1 Å². The fourth-order valence-electron chi connectivity index (χ4n) is 5.20. The summed E-state index contributed by atoms with van der Waals surface area (Å²) in [6.07, 6.45) is 8.30. The summed E-state index contributed by atoms with van der Waals surface area (Å²) < 4.78 is 11.2. The van der Waals surface area contributed by atoms with Crippen LogP contribution in [0.4, 0.5) is 0 Å². The van der Waals surface area contributed by atoms with Crippen molar-refractivity contribution in [2.24, 2.45) is 5.92 Å². The van der Waals surface area contributed by atoms with Crippen LogP contribution in [0.5, 0.6) is 5.75 Å². The second kappa shape index (κ2) is 11.3. The van der Waals surface area contributed by atoms with Gasteiger partial charge in [-0.2, -0.15) is 0 Å². The molecule has 0 unspecified atom stereocenters. The van der Waals surface area contributed by atoms with Crippen molar-refractivity contribution in [2.45, 2.75) is 58.3 Å². The number of hydrogen-bond donors (Lipinski definition) is 2. The van der Waals surface area contributed by atoms with Crippen LogP contribution in [-0.2, 0) is 26.0 Å². The Kier molecular flexibility index (Phi) is 7.68. The van der Waals surface area contributed by atoms with Crippen LogP contribution in [0.15, 0.2) is 53.4 Å². The molecule has 1 fully saturated rings. The lowest BCUT2D eigenvalue weighted by Crippen LogP contribution is -2.42. The van der Waals surface area contributed by atoms with Crippen molar-refractivity contribution >= 4 is 5.91 Å². The van der Waals surface area contributed by atoms with Gasteiger partial charge in [-0.15, -0.1) is 0 Å². The molecule has 0 radical (unpaired) electrons. The predicted molar refractivity (Wildman–Crippen MR) is 137 cm³/mol. The number of nitrogens with zero attached hydrogens (tertiary/aromatic N) is 2. The average molecular weight is 490 g/mol. The van der Waals surface area contributed by atoms with E-state index in [9.17, 15) is 9.90 Å². The zero-order valence-electron chi connectivity index (χ0n) is 20.9. The minimum absolute atomic E-state index is 0.123. The molecule has 2 heterocycles. The Labute approximate surface area is 212 Å². The molecule has 0 bridgehead atoms. The van der Waals surface area contributed by atoms with Crippen LogP contribution in [0.1, 0.15) is 57.6 Å². The minimum atomic E-state index is -0.626. The largest absolute Gasteiger partial charge is 0.485 e. The van der Waals surface area contributed by atoms with E-state index >= 15 is 0 Å². The summed E-state index contributed by atoms with van der Waals surface area (Å²) in [4.78, 5) is 18.8. The van der Waals surface area contributed by atoms with Crippen molar-refractivity contribution in [3.8, 4) is 5.75 Å². The first kappa shape index (κ1) is 24.5. The van der Waals surface area contributed by atoms with Crippen LogP contribution in [0, 0.1) is 12.8 Å². The van der Waals surface area contributed by atoms with E-state index in [1.165, 1.54) is 42.3 Å². The maximum absolute atomic E-state index is 12.7. The Hall–Kier alpha value is -3.16. The van der Waals surface area contributed by atoms with E-state index in [1.807, 2.05) is 24.3 Å². The molecular formula is C29H35N3O4. The van der Waals surface area contributed by atoms with Crippen molar-refractivity contribution in [3.63, 3.8) is 0 Å². The molecule has 2 aromatic carbocycles. The fourth-order valence-corrected chi connectivity index (χ4v) is 5.20. The van der Waals surface area contributed by atoms with E-state index in [-0.39, 0.29) is 12.5 Å². The fraction of sp³-hybridized carbons (Fsp3) is 0.448. The van der Waals surface area contributed by atoms with Gasteiger partial charge in [-0.1, -0.05) is 37.5 Å². The lowest BCUT2D eigenvalue weighted by atomic mass is 9.81. The Balaban J connectivity index is 1.10. The number of β-amino-alcohol motifs (C(OH)–C–C–N with tert-alkyl or cyclic N) is 1. The molecule has 0 spiro atoms. The van der Waals surface area contributed by atoms with E-state index in [0.717, 1.165) is 43.2 Å². The van der Waals surface area contributed by atoms with Crippen LogP contribution in [-0.4, -0.2) is 46.6 Å². The Morgan fingerprint density at radius 3 is 2.97 bits per heavy atom. The number of oxazole rings is 1. The number of hydrogen-bond acceptors (Lipinski definition) is 6. The molecule has 7 nitrogen and oxygen atoms in total. The van der Waals surface area contributed by atoms with Crippen molar-refractivity contribution in [3.05, 3.63) is 82.6 Å². The van der Waals surface area contributed by atoms with Gasteiger partial charge in [-0.3, -0.25) is 9.69 Å². The molecule has 3 aromatic rings. The third-order valence-electron chi connectivity index (χ3n) is 7.48. The zero-order chi connectivity index (χ0) is 24.9. The standard InChI is InChI=1S/C29H35N3O4/c1-20-27-10-11-32(16-24(27)8-9-28(20)35-18-26-15-30-19-36-26)17-25(33)14-31-29(34)23-7-3-6-22(13-23)12-21-4-2-5-21/h3,6-9,13,15,19,21,25,33H,2,4-5,10-12,14,16-18H2,1H3,(H,31,34)/t25-/m0/s1. The number of amides is 1. The molecule has 36 heavy (non-hydrogen) atoms. The molecule has 1 aliphatic heterocycles. The molecule has 7 heteroatoms. The van der Waals surface area contributed by atoms with Gasteiger partial charge in [0.05, 0.1) is 12.3 Å². The Morgan fingerprint density at radius 1 is 1.31 bits per heavy atom. The van der Waals surface area contributed by atoms with E-state index in [1.54, 1.807) is 6.20 Å². The molecule has 190 valence electrons. The zero-order valence-corrected chi connectivity index (χ0v) is 20.9. The number of carbonyl (C=O) groups is 1. The van der Waals surface area contributed by atoms with Crippen LogP contribution in [0.25, 0.3) is 0 Å². The van der Waals surface area contributed by atoms with Gasteiger partial charge in [0.2, 0.25) is 0 Å². The van der Waals surface area contributed by atoms with Crippen molar-refractivity contribution < 1.29 is 19.1 Å². The van der Waals surface area contributed by atoms with Gasteiger partial charge in [0.1, 0.15) is 12.4 Å². The van der Waals surface area contributed by atoms with E-state index in [2.05, 4.69) is 34.3 Å². The number of rotatable bonds is 10. The number of ether oxygens (including phenoxy) is 1. The highest BCUT2D eigenvalue weighted by atomic mass is 16.5. The highest BCUT2D eigenvalue weighted by Gasteiger charge is 2.22. The first-order valence-electron chi connectivity index (χ1n) is 12.9. The summed E-state index contributed by atoms with van der Waals surface area (Å²) in [5.41, 5.74) is 5.61. The second-order valence-electron chi connectivity index (χ2n) is 10.1. The van der Waals surface area contributed by atoms with E-state index in [0.29, 0.717) is 24.5 Å². The molecule has 1 atom stereocenters. The van der Waals surface area contributed by atoms with E-state index < -0.39 is 6.10 Å². The second-order valence-corrected chi connectivity index (χ2v) is 10.1. The monoisotopic (exact) mass is 489 g/mol. The minimum Gasteiger partial charge on any atom is -0.485 e. The van der Waals surface area contributed by atoms with Gasteiger partial charge in [-0.05, 0) is 66.1 Å². The van der Waals surface area contributed by atoms with Crippen LogP contribution in [0.2, 0.25) is 0 Å². The molecule has 1 amide bonds. The molecule has 2 N–H and O–H groups in total. The maximum Gasteiger partial charge on any atom is 0.251 e. The number of carbonyl (C=O) groups excluding carboxylic acids is 1. The Morgan fingerprint density at radius 2 is 2.19 bits per heavy atom. The summed E-state index contributed by atoms with van der Waals surface area (Å²) in [6, 6.07) is 12.0. The maximum atomic E-state index is 12.7. The van der Waals surface area contributed by atoms with Crippen molar-refractivity contribution in [1.29, 1.82) is 0 Å². The average Bonchev–Trinajstić information content (AvgIpc) is 3.38. The molecule has 1 saturated carbocycles. The number of nitrogens with one attached hydrogen (secondary N) is 1. The highest BCUT2D eigenvalue weighted by Crippen LogP contribution is 2.31. The van der Waals surface area contributed by atoms with Crippen LogP contribution in [0.3, 0.4) is 0 Å². The smallest absolute Gasteiger partial charge is 0.251 e.